The summed E-state index contributed by atoms with van der Waals surface area (Å²) in [5, 5.41) is 4.59. The maximum Gasteiger partial charge on any atom is 0.186 e. The highest BCUT2D eigenvalue weighted by Crippen LogP contribution is 2.27. The molecule has 1 aromatic rings. The van der Waals surface area contributed by atoms with Crippen LogP contribution in [0.5, 0.6) is 0 Å². The first-order valence-corrected chi connectivity index (χ1v) is 8.17. The Bertz CT molecular complexity index is 392. The maximum atomic E-state index is 5.40. The molecule has 1 fully saturated rings. The average molecular weight is 299 g/mol. The fourth-order valence-corrected chi connectivity index (χ4v) is 3.24. The van der Waals surface area contributed by atoms with Gasteiger partial charge in [0.1, 0.15) is 0 Å². The van der Waals surface area contributed by atoms with Crippen molar-refractivity contribution in [1.29, 1.82) is 0 Å². The Labute approximate surface area is 125 Å². The number of hydrogen-bond donors (Lipinski definition) is 1. The SMILES string of the molecule is CCCCNCc1sc(N2CCOCC2)nc1COC. The summed E-state index contributed by atoms with van der Waals surface area (Å²) in [4.78, 5) is 8.35. The fourth-order valence-electron chi connectivity index (χ4n) is 2.15. The minimum absolute atomic E-state index is 0.589. The first-order valence-electron chi connectivity index (χ1n) is 7.36. The van der Waals surface area contributed by atoms with Crippen LogP contribution in [0.2, 0.25) is 0 Å². The molecule has 2 rings (SSSR count). The highest BCUT2D eigenvalue weighted by Gasteiger charge is 2.18. The Kier molecular flexibility index (Phi) is 6.72. The molecule has 1 aromatic heterocycles. The van der Waals surface area contributed by atoms with Crippen LogP contribution in [0.15, 0.2) is 0 Å². The van der Waals surface area contributed by atoms with Crippen molar-refractivity contribution in [1.82, 2.24) is 10.3 Å². The Morgan fingerprint density at radius 2 is 2.20 bits per heavy atom. The molecular formula is C14H25N3O2S. The van der Waals surface area contributed by atoms with E-state index in [0.717, 1.165) is 50.2 Å². The van der Waals surface area contributed by atoms with Crippen LogP contribution in [-0.2, 0) is 22.6 Å². The fraction of sp³-hybridized carbons (Fsp3) is 0.786. The number of hydrogen-bond acceptors (Lipinski definition) is 6. The van der Waals surface area contributed by atoms with E-state index in [1.165, 1.54) is 17.7 Å². The lowest BCUT2D eigenvalue weighted by Gasteiger charge is -2.26. The number of thiazole rings is 1. The number of ether oxygens (including phenoxy) is 2. The molecule has 20 heavy (non-hydrogen) atoms. The molecule has 0 atom stereocenters. The average Bonchev–Trinajstić information content (AvgIpc) is 2.88. The van der Waals surface area contributed by atoms with E-state index in [1.54, 1.807) is 18.4 Å². The molecule has 0 radical (unpaired) electrons. The van der Waals surface area contributed by atoms with Gasteiger partial charge in [-0.05, 0) is 13.0 Å². The van der Waals surface area contributed by atoms with E-state index in [2.05, 4.69) is 17.1 Å². The monoisotopic (exact) mass is 299 g/mol. The molecule has 0 aromatic carbocycles. The molecule has 0 spiro atoms. The van der Waals surface area contributed by atoms with Crippen molar-refractivity contribution in [2.45, 2.75) is 32.9 Å². The molecule has 1 saturated heterocycles. The van der Waals surface area contributed by atoms with Gasteiger partial charge in [-0.15, -0.1) is 11.3 Å². The highest BCUT2D eigenvalue weighted by atomic mass is 32.1. The molecule has 0 unspecified atom stereocenters. The van der Waals surface area contributed by atoms with Gasteiger partial charge in [0.05, 0.1) is 25.5 Å². The predicted molar refractivity (Wildman–Crippen MR) is 82.5 cm³/mol. The molecule has 114 valence electrons. The summed E-state index contributed by atoms with van der Waals surface area (Å²) >= 11 is 1.78. The smallest absolute Gasteiger partial charge is 0.186 e. The van der Waals surface area contributed by atoms with Gasteiger partial charge >= 0.3 is 0 Å². The lowest BCUT2D eigenvalue weighted by atomic mass is 10.3. The van der Waals surface area contributed by atoms with E-state index in [0.29, 0.717) is 6.61 Å². The second-order valence-electron chi connectivity index (χ2n) is 4.93. The highest BCUT2D eigenvalue weighted by molar-refractivity contribution is 7.15. The largest absolute Gasteiger partial charge is 0.378 e. The van der Waals surface area contributed by atoms with Crippen molar-refractivity contribution in [3.8, 4) is 0 Å². The second-order valence-corrected chi connectivity index (χ2v) is 5.99. The van der Waals surface area contributed by atoms with Gasteiger partial charge in [0.15, 0.2) is 5.13 Å². The van der Waals surface area contributed by atoms with E-state index >= 15 is 0 Å². The Hall–Kier alpha value is -0.690. The van der Waals surface area contributed by atoms with Gasteiger partial charge in [0.2, 0.25) is 0 Å². The number of nitrogens with one attached hydrogen (secondary N) is 1. The molecule has 0 bridgehead atoms. The number of rotatable bonds is 8. The van der Waals surface area contributed by atoms with Crippen molar-refractivity contribution in [3.63, 3.8) is 0 Å². The minimum Gasteiger partial charge on any atom is -0.378 e. The third-order valence-corrected chi connectivity index (χ3v) is 4.48. The number of nitrogens with zero attached hydrogens (tertiary/aromatic N) is 2. The topological polar surface area (TPSA) is 46.6 Å². The van der Waals surface area contributed by atoms with Crippen molar-refractivity contribution in [2.24, 2.45) is 0 Å². The van der Waals surface area contributed by atoms with Crippen LogP contribution in [0.1, 0.15) is 30.3 Å². The van der Waals surface area contributed by atoms with Crippen molar-refractivity contribution >= 4 is 16.5 Å². The number of methoxy groups -OCH3 is 1. The van der Waals surface area contributed by atoms with Gasteiger partial charge in [-0.25, -0.2) is 4.98 Å². The van der Waals surface area contributed by atoms with Crippen LogP contribution in [0.25, 0.3) is 0 Å². The van der Waals surface area contributed by atoms with E-state index < -0.39 is 0 Å². The van der Waals surface area contributed by atoms with Gasteiger partial charge in [0, 0.05) is 31.6 Å². The van der Waals surface area contributed by atoms with Crippen LogP contribution >= 0.6 is 11.3 Å². The molecule has 2 heterocycles. The molecular weight excluding hydrogens is 274 g/mol. The molecule has 0 saturated carbocycles. The number of anilines is 1. The van der Waals surface area contributed by atoms with Crippen molar-refractivity contribution < 1.29 is 9.47 Å². The zero-order valence-electron chi connectivity index (χ0n) is 12.5. The lowest BCUT2D eigenvalue weighted by molar-refractivity contribution is 0.122. The molecule has 1 aliphatic rings. The molecule has 5 nitrogen and oxygen atoms in total. The standard InChI is InChI=1S/C14H25N3O2S/c1-3-4-5-15-10-13-12(11-18-2)16-14(20-13)17-6-8-19-9-7-17/h15H,3-11H2,1-2H3. The zero-order chi connectivity index (χ0) is 14.2. The first-order chi connectivity index (χ1) is 9.85. The van der Waals surface area contributed by atoms with Crippen LogP contribution in [-0.4, -0.2) is 44.9 Å². The third-order valence-electron chi connectivity index (χ3n) is 3.32. The van der Waals surface area contributed by atoms with Crippen LogP contribution in [0.4, 0.5) is 5.13 Å². The summed E-state index contributed by atoms with van der Waals surface area (Å²) < 4.78 is 10.7. The van der Waals surface area contributed by atoms with Gasteiger partial charge in [-0.1, -0.05) is 13.3 Å². The summed E-state index contributed by atoms with van der Waals surface area (Å²) in [7, 11) is 1.72. The van der Waals surface area contributed by atoms with Crippen LogP contribution < -0.4 is 10.2 Å². The van der Waals surface area contributed by atoms with Gasteiger partial charge in [-0.3, -0.25) is 0 Å². The molecule has 6 heteroatoms. The second kappa shape index (κ2) is 8.56. The van der Waals surface area contributed by atoms with Crippen LogP contribution in [0, 0.1) is 0 Å². The maximum absolute atomic E-state index is 5.40. The summed E-state index contributed by atoms with van der Waals surface area (Å²) in [6, 6.07) is 0. The normalized spacial score (nSPS) is 15.8. The zero-order valence-corrected chi connectivity index (χ0v) is 13.3. The summed E-state index contributed by atoms with van der Waals surface area (Å²) in [5.41, 5.74) is 1.07. The van der Waals surface area contributed by atoms with Crippen molar-refractivity contribution in [2.75, 3.05) is 44.9 Å². The van der Waals surface area contributed by atoms with Gasteiger partial charge < -0.3 is 19.7 Å². The predicted octanol–water partition coefficient (Wildman–Crippen LogP) is 2.02. The Balaban J connectivity index is 1.98. The molecule has 1 N–H and O–H groups in total. The quantitative estimate of drug-likeness (QED) is 0.744. The molecule has 0 amide bonds. The van der Waals surface area contributed by atoms with Gasteiger partial charge in [0.25, 0.3) is 0 Å². The number of unbranched alkanes of at least 4 members (excludes halogenated alkanes) is 1. The summed E-state index contributed by atoms with van der Waals surface area (Å²) in [5.74, 6) is 0. The summed E-state index contributed by atoms with van der Waals surface area (Å²) in [6.45, 7) is 8.21. The molecule has 0 aliphatic carbocycles. The molecule has 1 aliphatic heterocycles. The summed E-state index contributed by atoms with van der Waals surface area (Å²) in [6.07, 6.45) is 2.44. The Morgan fingerprint density at radius 1 is 1.40 bits per heavy atom. The Morgan fingerprint density at radius 3 is 2.90 bits per heavy atom. The van der Waals surface area contributed by atoms with Gasteiger partial charge in [-0.2, -0.15) is 0 Å². The minimum atomic E-state index is 0.589. The number of aromatic nitrogens is 1. The van der Waals surface area contributed by atoms with E-state index in [-0.39, 0.29) is 0 Å². The lowest BCUT2D eigenvalue weighted by Crippen LogP contribution is -2.36. The van der Waals surface area contributed by atoms with E-state index in [1.807, 2.05) is 0 Å². The van der Waals surface area contributed by atoms with Crippen molar-refractivity contribution in [3.05, 3.63) is 10.6 Å². The first kappa shape index (κ1) is 15.7. The van der Waals surface area contributed by atoms with E-state index in [4.69, 9.17) is 14.5 Å². The third kappa shape index (κ3) is 4.41. The van der Waals surface area contributed by atoms with E-state index in [9.17, 15) is 0 Å². The number of morpholine rings is 1. The van der Waals surface area contributed by atoms with Crippen LogP contribution in [0.3, 0.4) is 0 Å².